The minimum Gasteiger partial charge on any atom is -0.385 e. The van der Waals surface area contributed by atoms with Gasteiger partial charge in [-0.15, -0.1) is 0 Å². The molecule has 5 heteroatoms. The van der Waals surface area contributed by atoms with Gasteiger partial charge in [-0.25, -0.2) is 4.98 Å². The van der Waals surface area contributed by atoms with Crippen molar-refractivity contribution in [3.63, 3.8) is 0 Å². The largest absolute Gasteiger partial charge is 0.385 e. The Kier molecular flexibility index (Phi) is 4.78. The van der Waals surface area contributed by atoms with E-state index in [0.29, 0.717) is 0 Å². The number of imidazole rings is 1. The summed E-state index contributed by atoms with van der Waals surface area (Å²) in [6.07, 6.45) is 4.83. The third-order valence-corrected chi connectivity index (χ3v) is 3.77. The van der Waals surface area contributed by atoms with Crippen molar-refractivity contribution >= 4 is 17.3 Å². The summed E-state index contributed by atoms with van der Waals surface area (Å²) in [6.45, 7) is 4.68. The number of aryl methyl sites for hydroxylation is 2. The highest BCUT2D eigenvalue weighted by molar-refractivity contribution is 7.08. The minimum absolute atomic E-state index is 0.779. The molecule has 0 amide bonds. The van der Waals surface area contributed by atoms with Gasteiger partial charge >= 0.3 is 0 Å². The Balaban J connectivity index is 1.89. The molecule has 0 aliphatic heterocycles. The summed E-state index contributed by atoms with van der Waals surface area (Å²) in [6, 6.07) is 0. The van der Waals surface area contributed by atoms with E-state index in [1.165, 1.54) is 11.1 Å². The summed E-state index contributed by atoms with van der Waals surface area (Å²) in [4.78, 5) is 4.34. The fraction of sp³-hybridized carbons (Fsp3) is 0.462. The molecule has 18 heavy (non-hydrogen) atoms. The molecule has 0 unspecified atom stereocenters. The molecule has 0 saturated carbocycles. The third-order valence-electron chi connectivity index (χ3n) is 2.86. The van der Waals surface area contributed by atoms with Gasteiger partial charge in [-0.05, 0) is 35.2 Å². The molecular weight excluding hydrogens is 246 g/mol. The van der Waals surface area contributed by atoms with Crippen LogP contribution in [0.1, 0.15) is 17.5 Å². The van der Waals surface area contributed by atoms with E-state index < -0.39 is 0 Å². The molecule has 0 aliphatic carbocycles. The molecule has 2 aromatic heterocycles. The second kappa shape index (κ2) is 6.56. The smallest absolute Gasteiger partial charge is 0.203 e. The van der Waals surface area contributed by atoms with Gasteiger partial charge < -0.3 is 14.6 Å². The van der Waals surface area contributed by atoms with Crippen LogP contribution >= 0.6 is 11.3 Å². The van der Waals surface area contributed by atoms with Crippen LogP contribution in [-0.2, 0) is 17.8 Å². The maximum atomic E-state index is 5.06. The van der Waals surface area contributed by atoms with Gasteiger partial charge in [-0.1, -0.05) is 0 Å². The van der Waals surface area contributed by atoms with E-state index in [9.17, 15) is 0 Å². The fourth-order valence-electron chi connectivity index (χ4n) is 1.78. The first-order valence-corrected chi connectivity index (χ1v) is 7.01. The van der Waals surface area contributed by atoms with E-state index in [2.05, 4.69) is 32.6 Å². The Morgan fingerprint density at radius 3 is 3.06 bits per heavy atom. The Hall–Kier alpha value is -1.33. The van der Waals surface area contributed by atoms with E-state index in [1.54, 1.807) is 18.4 Å². The van der Waals surface area contributed by atoms with Gasteiger partial charge in [0.25, 0.3) is 0 Å². The number of nitrogens with one attached hydrogen (secondary N) is 1. The molecule has 2 aromatic rings. The lowest BCUT2D eigenvalue weighted by Crippen LogP contribution is -2.08. The fourth-order valence-corrected chi connectivity index (χ4v) is 2.64. The van der Waals surface area contributed by atoms with Crippen LogP contribution in [-0.4, -0.2) is 23.3 Å². The third kappa shape index (κ3) is 3.34. The molecule has 0 atom stereocenters. The number of thiophene rings is 1. The molecule has 2 rings (SSSR count). The van der Waals surface area contributed by atoms with E-state index in [0.717, 1.165) is 32.1 Å². The zero-order chi connectivity index (χ0) is 12.8. The van der Waals surface area contributed by atoms with Crippen molar-refractivity contribution in [2.45, 2.75) is 26.4 Å². The number of methoxy groups -OCH3 is 1. The van der Waals surface area contributed by atoms with Gasteiger partial charge in [0.1, 0.15) is 0 Å². The molecule has 4 nitrogen and oxygen atoms in total. The number of anilines is 1. The summed E-state index contributed by atoms with van der Waals surface area (Å²) in [5.41, 5.74) is 2.68. The van der Waals surface area contributed by atoms with Crippen molar-refractivity contribution in [3.05, 3.63) is 34.3 Å². The number of ether oxygens (including phenoxy) is 1. The number of aromatic nitrogens is 2. The summed E-state index contributed by atoms with van der Waals surface area (Å²) >= 11 is 1.74. The number of hydrogen-bond acceptors (Lipinski definition) is 4. The average molecular weight is 265 g/mol. The van der Waals surface area contributed by atoms with Crippen molar-refractivity contribution in [3.8, 4) is 0 Å². The van der Waals surface area contributed by atoms with Crippen LogP contribution in [0.5, 0.6) is 0 Å². The molecule has 0 aromatic carbocycles. The van der Waals surface area contributed by atoms with Gasteiger partial charge in [0.05, 0.1) is 0 Å². The first-order valence-electron chi connectivity index (χ1n) is 6.07. The first kappa shape index (κ1) is 13.1. The van der Waals surface area contributed by atoms with E-state index in [4.69, 9.17) is 4.74 Å². The topological polar surface area (TPSA) is 39.1 Å². The number of nitrogens with zero attached hydrogens (tertiary/aromatic N) is 2. The minimum atomic E-state index is 0.779. The Bertz CT molecular complexity index is 478. The standard InChI is InChI=1S/C13H19N3OS/c1-11-9-18-10-12(11)8-15-13-14-4-6-16(13)5-3-7-17-2/h4,6,9-10H,3,5,7-8H2,1-2H3,(H,14,15). The van der Waals surface area contributed by atoms with Crippen molar-refractivity contribution in [1.82, 2.24) is 9.55 Å². The van der Waals surface area contributed by atoms with Crippen LogP contribution in [0.15, 0.2) is 23.2 Å². The van der Waals surface area contributed by atoms with Crippen LogP contribution < -0.4 is 5.32 Å². The van der Waals surface area contributed by atoms with Crippen molar-refractivity contribution < 1.29 is 4.74 Å². The van der Waals surface area contributed by atoms with Gasteiger partial charge in [-0.2, -0.15) is 11.3 Å². The molecular formula is C13H19N3OS. The highest BCUT2D eigenvalue weighted by Gasteiger charge is 2.04. The lowest BCUT2D eigenvalue weighted by atomic mass is 10.2. The van der Waals surface area contributed by atoms with Gasteiger partial charge in [-0.3, -0.25) is 0 Å². The monoisotopic (exact) mass is 265 g/mol. The Morgan fingerprint density at radius 1 is 1.44 bits per heavy atom. The summed E-state index contributed by atoms with van der Waals surface area (Å²) < 4.78 is 7.19. The van der Waals surface area contributed by atoms with Crippen molar-refractivity contribution in [2.75, 3.05) is 19.0 Å². The van der Waals surface area contributed by atoms with Crippen LogP contribution in [0.25, 0.3) is 0 Å². The molecule has 0 bridgehead atoms. The summed E-state index contributed by atoms with van der Waals surface area (Å²) in [7, 11) is 1.73. The average Bonchev–Trinajstić information content (AvgIpc) is 2.96. The molecule has 98 valence electrons. The van der Waals surface area contributed by atoms with E-state index in [1.807, 2.05) is 12.4 Å². The van der Waals surface area contributed by atoms with Crippen LogP contribution in [0.2, 0.25) is 0 Å². The second-order valence-corrected chi connectivity index (χ2v) is 4.97. The predicted molar refractivity (Wildman–Crippen MR) is 75.1 cm³/mol. The SMILES string of the molecule is COCCCn1ccnc1NCc1cscc1C. The quantitative estimate of drug-likeness (QED) is 0.782. The molecule has 0 spiro atoms. The molecule has 0 fully saturated rings. The molecule has 1 N–H and O–H groups in total. The highest BCUT2D eigenvalue weighted by Crippen LogP contribution is 2.15. The Morgan fingerprint density at radius 2 is 2.33 bits per heavy atom. The molecule has 0 radical (unpaired) electrons. The number of rotatable bonds is 7. The van der Waals surface area contributed by atoms with Crippen molar-refractivity contribution in [2.24, 2.45) is 0 Å². The van der Waals surface area contributed by atoms with Crippen LogP contribution in [0, 0.1) is 6.92 Å². The van der Waals surface area contributed by atoms with E-state index in [-0.39, 0.29) is 0 Å². The highest BCUT2D eigenvalue weighted by atomic mass is 32.1. The van der Waals surface area contributed by atoms with Crippen LogP contribution in [0.3, 0.4) is 0 Å². The predicted octanol–water partition coefficient (Wildman–Crippen LogP) is 2.90. The van der Waals surface area contributed by atoms with Gasteiger partial charge in [0, 0.05) is 39.2 Å². The maximum absolute atomic E-state index is 5.06. The van der Waals surface area contributed by atoms with Crippen LogP contribution in [0.4, 0.5) is 5.95 Å². The maximum Gasteiger partial charge on any atom is 0.203 e. The van der Waals surface area contributed by atoms with Gasteiger partial charge in [0.2, 0.25) is 5.95 Å². The zero-order valence-corrected chi connectivity index (χ0v) is 11.7. The zero-order valence-electron chi connectivity index (χ0n) is 10.8. The first-order chi connectivity index (χ1) is 8.81. The van der Waals surface area contributed by atoms with Crippen molar-refractivity contribution in [1.29, 1.82) is 0 Å². The summed E-state index contributed by atoms with van der Waals surface area (Å²) in [5.74, 6) is 0.928. The Labute approximate surface area is 112 Å². The normalized spacial score (nSPS) is 10.8. The number of hydrogen-bond donors (Lipinski definition) is 1. The summed E-state index contributed by atoms with van der Waals surface area (Å²) in [5, 5.41) is 7.73. The molecule has 0 saturated heterocycles. The molecule has 2 heterocycles. The van der Waals surface area contributed by atoms with Gasteiger partial charge in [0.15, 0.2) is 0 Å². The lowest BCUT2D eigenvalue weighted by Gasteiger charge is -2.09. The van der Waals surface area contributed by atoms with E-state index >= 15 is 0 Å². The molecule has 0 aliphatic rings. The second-order valence-electron chi connectivity index (χ2n) is 4.22. The lowest BCUT2D eigenvalue weighted by molar-refractivity contribution is 0.190.